The van der Waals surface area contributed by atoms with Gasteiger partial charge in [0.1, 0.15) is 17.0 Å². The van der Waals surface area contributed by atoms with Crippen LogP contribution in [0.5, 0.6) is 5.75 Å². The third-order valence-electron chi connectivity index (χ3n) is 3.12. The predicted molar refractivity (Wildman–Crippen MR) is 85.4 cm³/mol. The quantitative estimate of drug-likeness (QED) is 0.399. The molecule has 4 nitrogen and oxygen atoms in total. The Morgan fingerprint density at radius 2 is 2.05 bits per heavy atom. The molecule has 0 bridgehead atoms. The molecule has 1 aromatic carbocycles. The Morgan fingerprint density at radius 1 is 1.14 bits per heavy atom. The van der Waals surface area contributed by atoms with Crippen molar-refractivity contribution in [2.24, 2.45) is 0 Å². The second kappa shape index (κ2) is 6.26. The molecule has 0 N–H and O–H groups in total. The summed E-state index contributed by atoms with van der Waals surface area (Å²) in [7, 11) is 0. The van der Waals surface area contributed by atoms with E-state index in [1.54, 1.807) is 6.07 Å². The van der Waals surface area contributed by atoms with Gasteiger partial charge in [0.2, 0.25) is 0 Å². The number of fused-ring (bicyclic) bond motifs is 2. The van der Waals surface area contributed by atoms with Gasteiger partial charge in [-0.1, -0.05) is 15.9 Å². The molecule has 1 heterocycles. The molecule has 0 unspecified atom stereocenters. The second-order valence-corrected chi connectivity index (χ2v) is 5.51. The molecule has 1 aliphatic carbocycles. The first-order valence-electron chi connectivity index (χ1n) is 6.80. The molecule has 3 rings (SSSR count). The Morgan fingerprint density at radius 3 is 2.90 bits per heavy atom. The number of halogens is 1. The van der Waals surface area contributed by atoms with Crippen LogP contribution in [-0.2, 0) is 0 Å². The first-order chi connectivity index (χ1) is 10.3. The highest BCUT2D eigenvalue weighted by Gasteiger charge is 2.09. The molecule has 0 saturated heterocycles. The average molecular weight is 348 g/mol. The number of ether oxygens (including phenoxy) is 1. The highest BCUT2D eigenvalue weighted by molar-refractivity contribution is 9.09. The van der Waals surface area contributed by atoms with Gasteiger partial charge in [-0.2, -0.15) is 0 Å². The van der Waals surface area contributed by atoms with E-state index in [1.165, 1.54) is 12.1 Å². The summed E-state index contributed by atoms with van der Waals surface area (Å²) in [6.07, 6.45) is 2.08. The summed E-state index contributed by atoms with van der Waals surface area (Å²) in [4.78, 5) is 15.8. The molecular weight excluding hydrogens is 334 g/mol. The van der Waals surface area contributed by atoms with Gasteiger partial charge in [0.25, 0.3) is 0 Å². The number of aromatic nitrogens is 1. The molecule has 1 aromatic rings. The van der Waals surface area contributed by atoms with Crippen LogP contribution in [0, 0.1) is 0 Å². The minimum Gasteiger partial charge on any atom is -0.493 e. The second-order valence-electron chi connectivity index (χ2n) is 4.72. The lowest BCUT2D eigenvalue weighted by molar-refractivity contribution is 0.310. The predicted octanol–water partition coefficient (Wildman–Crippen LogP) is 3.85. The van der Waals surface area contributed by atoms with Crippen LogP contribution in [0.3, 0.4) is 0 Å². The van der Waals surface area contributed by atoms with Crippen molar-refractivity contribution in [2.45, 2.75) is 12.8 Å². The van der Waals surface area contributed by atoms with Gasteiger partial charge in [-0.25, -0.2) is 4.98 Å². The van der Waals surface area contributed by atoms with Crippen LogP contribution in [0.25, 0.3) is 22.6 Å². The molecule has 0 radical (unpaired) electrons. The van der Waals surface area contributed by atoms with E-state index in [0.29, 0.717) is 23.6 Å². The Bertz CT molecular complexity index is 784. The summed E-state index contributed by atoms with van der Waals surface area (Å²) >= 11 is 3.39. The minimum absolute atomic E-state index is 0.0884. The van der Waals surface area contributed by atoms with E-state index in [9.17, 15) is 4.79 Å². The number of hydrogen-bond donors (Lipinski definition) is 0. The van der Waals surface area contributed by atoms with Gasteiger partial charge in [0.05, 0.1) is 6.61 Å². The molecule has 0 saturated carbocycles. The zero-order chi connectivity index (χ0) is 14.7. The van der Waals surface area contributed by atoms with Crippen molar-refractivity contribution in [3.05, 3.63) is 46.6 Å². The molecule has 0 amide bonds. The maximum Gasteiger partial charge on any atom is 0.182 e. The minimum atomic E-state index is -0.0884. The maximum atomic E-state index is 11.4. The van der Waals surface area contributed by atoms with E-state index < -0.39 is 0 Å². The van der Waals surface area contributed by atoms with E-state index in [1.807, 2.05) is 18.2 Å². The van der Waals surface area contributed by atoms with Crippen molar-refractivity contribution in [1.29, 1.82) is 0 Å². The summed E-state index contributed by atoms with van der Waals surface area (Å²) in [5.74, 6) is 1.24. The summed E-state index contributed by atoms with van der Waals surface area (Å²) in [5, 5.41) is 0.983. The lowest BCUT2D eigenvalue weighted by atomic mass is 10.2. The molecule has 108 valence electrons. The fourth-order valence-electron chi connectivity index (χ4n) is 2.06. The maximum absolute atomic E-state index is 11.4. The lowest BCUT2D eigenvalue weighted by Crippen LogP contribution is -2.00. The fourth-order valence-corrected chi connectivity index (χ4v) is 2.46. The van der Waals surface area contributed by atoms with Gasteiger partial charge in [-0.15, -0.1) is 0 Å². The van der Waals surface area contributed by atoms with E-state index in [4.69, 9.17) is 9.15 Å². The highest BCUT2D eigenvalue weighted by Crippen LogP contribution is 2.26. The largest absolute Gasteiger partial charge is 0.493 e. The van der Waals surface area contributed by atoms with Gasteiger partial charge in [0, 0.05) is 17.5 Å². The zero-order valence-corrected chi connectivity index (χ0v) is 12.9. The Balaban J connectivity index is 1.91. The monoisotopic (exact) mass is 347 g/mol. The zero-order valence-electron chi connectivity index (χ0n) is 11.3. The van der Waals surface area contributed by atoms with Gasteiger partial charge in [-0.3, -0.25) is 4.79 Å². The molecular formula is C16H14BrNO3. The van der Waals surface area contributed by atoms with Gasteiger partial charge in [-0.05, 0) is 37.1 Å². The number of alkyl halides is 1. The average Bonchev–Trinajstić information content (AvgIpc) is 2.49. The number of nitrogens with zero attached hydrogens (tertiary/aromatic N) is 1. The van der Waals surface area contributed by atoms with E-state index in [2.05, 4.69) is 20.9 Å². The van der Waals surface area contributed by atoms with Crippen LogP contribution < -0.4 is 10.2 Å². The van der Waals surface area contributed by atoms with Crippen molar-refractivity contribution in [1.82, 2.24) is 4.98 Å². The number of hydrogen-bond acceptors (Lipinski definition) is 4. The molecule has 2 aliphatic rings. The summed E-state index contributed by atoms with van der Waals surface area (Å²) in [5.41, 5.74) is 1.95. The smallest absolute Gasteiger partial charge is 0.182 e. The molecule has 0 atom stereocenters. The molecule has 0 fully saturated rings. The molecule has 0 aromatic heterocycles. The first kappa shape index (κ1) is 14.1. The van der Waals surface area contributed by atoms with Crippen LogP contribution in [-0.4, -0.2) is 16.9 Å². The number of unbranched alkanes of at least 4 members (excludes halogenated alkanes) is 1. The van der Waals surface area contributed by atoms with Crippen molar-refractivity contribution in [2.75, 3.05) is 11.9 Å². The molecule has 21 heavy (non-hydrogen) atoms. The highest BCUT2D eigenvalue weighted by atomic mass is 79.9. The number of benzene rings is 2. The standard InChI is InChI=1S/C16H14BrNO3/c17-7-1-2-8-20-12-4-6-14-16(10-12)21-15-9-11(19)3-5-13(15)18-14/h3-6,9-10H,1-2,7-8H2. The van der Waals surface area contributed by atoms with Gasteiger partial charge >= 0.3 is 0 Å². The van der Waals surface area contributed by atoms with E-state index in [-0.39, 0.29) is 5.43 Å². The first-order valence-corrected chi connectivity index (χ1v) is 7.92. The van der Waals surface area contributed by atoms with Crippen molar-refractivity contribution in [3.8, 4) is 17.2 Å². The molecule has 0 spiro atoms. The third-order valence-corrected chi connectivity index (χ3v) is 3.68. The Hall–Kier alpha value is -1.88. The van der Waals surface area contributed by atoms with Gasteiger partial charge < -0.3 is 9.15 Å². The lowest BCUT2D eigenvalue weighted by Gasteiger charge is -2.08. The van der Waals surface area contributed by atoms with E-state index >= 15 is 0 Å². The van der Waals surface area contributed by atoms with Gasteiger partial charge in [0.15, 0.2) is 16.8 Å². The van der Waals surface area contributed by atoms with Crippen molar-refractivity contribution in [3.63, 3.8) is 0 Å². The van der Waals surface area contributed by atoms with Crippen LogP contribution >= 0.6 is 15.9 Å². The van der Waals surface area contributed by atoms with Crippen molar-refractivity contribution < 1.29 is 9.15 Å². The van der Waals surface area contributed by atoms with Crippen LogP contribution in [0.4, 0.5) is 0 Å². The SMILES string of the molecule is O=c1ccc2nc3ccc(OCCCCBr)cc3oc-2c1. The number of rotatable bonds is 5. The molecule has 1 aliphatic heterocycles. The summed E-state index contributed by atoms with van der Waals surface area (Å²) in [6.45, 7) is 0.669. The summed E-state index contributed by atoms with van der Waals surface area (Å²) in [6, 6.07) is 10.2. The van der Waals surface area contributed by atoms with Crippen molar-refractivity contribution >= 4 is 27.0 Å². The summed E-state index contributed by atoms with van der Waals surface area (Å²) < 4.78 is 11.4. The van der Waals surface area contributed by atoms with E-state index in [0.717, 1.165) is 29.4 Å². The fraction of sp³-hybridized carbons (Fsp3) is 0.250. The molecule has 5 heteroatoms. The normalized spacial score (nSPS) is 11.1. The van der Waals surface area contributed by atoms with Crippen LogP contribution in [0.1, 0.15) is 12.8 Å². The Labute approximate surface area is 130 Å². The topological polar surface area (TPSA) is 52.3 Å². The third kappa shape index (κ3) is 3.24. The Kier molecular flexibility index (Phi) is 4.20. The van der Waals surface area contributed by atoms with Crippen LogP contribution in [0.15, 0.2) is 45.6 Å². The van der Waals surface area contributed by atoms with Crippen LogP contribution in [0.2, 0.25) is 0 Å².